The molecule has 0 aliphatic carbocycles. The first kappa shape index (κ1) is 14.6. The molecule has 2 heterocycles. The maximum atomic E-state index is 13.0. The Labute approximate surface area is 127 Å². The molecule has 1 aliphatic heterocycles. The van der Waals surface area contributed by atoms with E-state index in [1.807, 2.05) is 24.3 Å². The monoisotopic (exact) mass is 303 g/mol. The van der Waals surface area contributed by atoms with E-state index in [9.17, 15) is 9.18 Å². The molecule has 0 unspecified atom stereocenters. The second-order valence-corrected chi connectivity index (χ2v) is 5.42. The number of hydrogen-bond acceptors (Lipinski definition) is 4. The van der Waals surface area contributed by atoms with Crippen molar-refractivity contribution in [3.63, 3.8) is 0 Å². The fraction of sp³-hybridized carbons (Fsp3) is 0.400. The van der Waals surface area contributed by atoms with Crippen molar-refractivity contribution >= 4 is 5.91 Å². The molecule has 6 nitrogen and oxygen atoms in total. The van der Waals surface area contributed by atoms with E-state index in [0.717, 1.165) is 11.1 Å². The van der Waals surface area contributed by atoms with Crippen molar-refractivity contribution in [3.8, 4) is 0 Å². The van der Waals surface area contributed by atoms with Gasteiger partial charge in [0.25, 0.3) is 0 Å². The zero-order chi connectivity index (χ0) is 15.4. The average molecular weight is 303 g/mol. The Kier molecular flexibility index (Phi) is 4.43. The van der Waals surface area contributed by atoms with E-state index in [4.69, 9.17) is 0 Å². The summed E-state index contributed by atoms with van der Waals surface area (Å²) in [6, 6.07) is 7.50. The predicted molar refractivity (Wildman–Crippen MR) is 78.7 cm³/mol. The second-order valence-electron chi connectivity index (χ2n) is 5.42. The molecule has 0 saturated carbocycles. The van der Waals surface area contributed by atoms with Crippen LogP contribution in [0.15, 0.2) is 36.9 Å². The summed E-state index contributed by atoms with van der Waals surface area (Å²) in [5, 5.41) is 9.76. The van der Waals surface area contributed by atoms with Gasteiger partial charge in [-0.3, -0.25) is 4.79 Å². The van der Waals surface area contributed by atoms with Gasteiger partial charge in [-0.25, -0.2) is 14.1 Å². The standard InChI is InChI=1S/C15H18FN5O/c16-13-5-14(18-7-13)15(22)19-6-11-1-3-12(4-2-11)8-21-10-17-9-20-21/h1-4,9-10,13-14,18H,5-8H2,(H,19,22)/t13-,14+/m0/s1. The van der Waals surface area contributed by atoms with Gasteiger partial charge in [-0.1, -0.05) is 24.3 Å². The normalized spacial score (nSPS) is 21.0. The number of aromatic nitrogens is 3. The van der Waals surface area contributed by atoms with Crippen molar-refractivity contribution in [1.82, 2.24) is 25.4 Å². The van der Waals surface area contributed by atoms with Crippen LogP contribution in [0.4, 0.5) is 4.39 Å². The van der Waals surface area contributed by atoms with Gasteiger partial charge in [-0.05, 0) is 11.1 Å². The van der Waals surface area contributed by atoms with E-state index in [1.54, 1.807) is 11.0 Å². The Morgan fingerprint density at radius 1 is 1.36 bits per heavy atom. The molecule has 0 spiro atoms. The summed E-state index contributed by atoms with van der Waals surface area (Å²) in [6.45, 7) is 1.36. The number of alkyl halides is 1. The molecular weight excluding hydrogens is 285 g/mol. The van der Waals surface area contributed by atoms with Crippen LogP contribution >= 0.6 is 0 Å². The molecule has 1 aliphatic rings. The first-order chi connectivity index (χ1) is 10.7. The number of amides is 1. The van der Waals surface area contributed by atoms with E-state index >= 15 is 0 Å². The van der Waals surface area contributed by atoms with Gasteiger partial charge in [0.2, 0.25) is 5.91 Å². The highest BCUT2D eigenvalue weighted by atomic mass is 19.1. The van der Waals surface area contributed by atoms with Gasteiger partial charge >= 0.3 is 0 Å². The van der Waals surface area contributed by atoms with E-state index in [2.05, 4.69) is 20.7 Å². The molecule has 2 aromatic rings. The number of carbonyl (C=O) groups is 1. The Balaban J connectivity index is 1.49. The molecule has 3 rings (SSSR count). The van der Waals surface area contributed by atoms with Crippen molar-refractivity contribution in [2.24, 2.45) is 0 Å². The molecule has 2 atom stereocenters. The Morgan fingerprint density at radius 2 is 2.14 bits per heavy atom. The van der Waals surface area contributed by atoms with Crippen LogP contribution in [-0.2, 0) is 17.9 Å². The first-order valence-corrected chi connectivity index (χ1v) is 7.26. The van der Waals surface area contributed by atoms with Crippen LogP contribution < -0.4 is 10.6 Å². The summed E-state index contributed by atoms with van der Waals surface area (Å²) >= 11 is 0. The van der Waals surface area contributed by atoms with Crippen molar-refractivity contribution in [2.75, 3.05) is 6.54 Å². The van der Waals surface area contributed by atoms with E-state index in [-0.39, 0.29) is 18.9 Å². The van der Waals surface area contributed by atoms with Gasteiger partial charge in [-0.2, -0.15) is 5.10 Å². The summed E-state index contributed by atoms with van der Waals surface area (Å²) in [4.78, 5) is 15.8. The summed E-state index contributed by atoms with van der Waals surface area (Å²) in [5.74, 6) is -0.146. The molecule has 2 N–H and O–H groups in total. The lowest BCUT2D eigenvalue weighted by molar-refractivity contribution is -0.123. The molecule has 22 heavy (non-hydrogen) atoms. The van der Waals surface area contributed by atoms with Crippen LogP contribution in [0.3, 0.4) is 0 Å². The molecule has 1 aromatic carbocycles. The lowest BCUT2D eigenvalue weighted by Gasteiger charge is -2.11. The molecule has 7 heteroatoms. The Bertz CT molecular complexity index is 613. The van der Waals surface area contributed by atoms with Crippen LogP contribution in [-0.4, -0.2) is 39.4 Å². The molecule has 1 saturated heterocycles. The van der Waals surface area contributed by atoms with Crippen molar-refractivity contribution in [2.45, 2.75) is 31.7 Å². The predicted octanol–water partition coefficient (Wildman–Crippen LogP) is 0.643. The minimum Gasteiger partial charge on any atom is -0.351 e. The smallest absolute Gasteiger partial charge is 0.237 e. The Morgan fingerprint density at radius 3 is 2.77 bits per heavy atom. The van der Waals surface area contributed by atoms with Crippen molar-refractivity contribution < 1.29 is 9.18 Å². The molecule has 116 valence electrons. The largest absolute Gasteiger partial charge is 0.351 e. The maximum absolute atomic E-state index is 13.0. The minimum atomic E-state index is -0.924. The van der Waals surface area contributed by atoms with Crippen molar-refractivity contribution in [1.29, 1.82) is 0 Å². The third-order valence-corrected chi connectivity index (χ3v) is 3.69. The number of nitrogens with one attached hydrogen (secondary N) is 2. The number of hydrogen-bond donors (Lipinski definition) is 2. The zero-order valence-electron chi connectivity index (χ0n) is 12.1. The van der Waals surface area contributed by atoms with Gasteiger partial charge < -0.3 is 10.6 Å². The second kappa shape index (κ2) is 6.65. The fourth-order valence-corrected chi connectivity index (χ4v) is 2.47. The number of benzene rings is 1. The van der Waals surface area contributed by atoms with Crippen LogP contribution in [0.5, 0.6) is 0 Å². The molecule has 0 radical (unpaired) electrons. The fourth-order valence-electron chi connectivity index (χ4n) is 2.47. The highest BCUT2D eigenvalue weighted by Crippen LogP contribution is 2.10. The summed E-state index contributed by atoms with van der Waals surface area (Å²) in [5.41, 5.74) is 2.11. The lowest BCUT2D eigenvalue weighted by atomic mass is 10.1. The third-order valence-electron chi connectivity index (χ3n) is 3.69. The minimum absolute atomic E-state index is 0.146. The number of nitrogens with zero attached hydrogens (tertiary/aromatic N) is 3. The highest BCUT2D eigenvalue weighted by Gasteiger charge is 2.28. The molecule has 1 fully saturated rings. The van der Waals surface area contributed by atoms with E-state index < -0.39 is 12.2 Å². The first-order valence-electron chi connectivity index (χ1n) is 7.26. The van der Waals surface area contributed by atoms with Gasteiger partial charge in [0.1, 0.15) is 18.8 Å². The van der Waals surface area contributed by atoms with Crippen LogP contribution in [0, 0.1) is 0 Å². The number of halogens is 1. The molecule has 1 amide bonds. The number of rotatable bonds is 5. The van der Waals surface area contributed by atoms with E-state index in [1.165, 1.54) is 6.33 Å². The van der Waals surface area contributed by atoms with Gasteiger partial charge in [0.15, 0.2) is 0 Å². The molecule has 1 aromatic heterocycles. The summed E-state index contributed by atoms with van der Waals surface area (Å²) in [7, 11) is 0. The topological polar surface area (TPSA) is 71.8 Å². The van der Waals surface area contributed by atoms with Gasteiger partial charge in [-0.15, -0.1) is 0 Å². The number of carbonyl (C=O) groups excluding carboxylic acids is 1. The SMILES string of the molecule is O=C(NCc1ccc(Cn2cncn2)cc1)[C@H]1C[C@H](F)CN1. The quantitative estimate of drug-likeness (QED) is 0.850. The summed E-state index contributed by atoms with van der Waals surface area (Å²) < 4.78 is 14.8. The lowest BCUT2D eigenvalue weighted by Crippen LogP contribution is -2.39. The van der Waals surface area contributed by atoms with E-state index in [0.29, 0.717) is 13.1 Å². The summed E-state index contributed by atoms with van der Waals surface area (Å²) in [6.07, 6.45) is 2.50. The maximum Gasteiger partial charge on any atom is 0.237 e. The van der Waals surface area contributed by atoms with Crippen LogP contribution in [0.2, 0.25) is 0 Å². The highest BCUT2D eigenvalue weighted by molar-refractivity contribution is 5.82. The van der Waals surface area contributed by atoms with Crippen molar-refractivity contribution in [3.05, 3.63) is 48.0 Å². The average Bonchev–Trinajstić information content (AvgIpc) is 3.18. The van der Waals surface area contributed by atoms with Gasteiger partial charge in [0, 0.05) is 19.5 Å². The molecule has 0 bridgehead atoms. The molecular formula is C15H18FN5O. The third kappa shape index (κ3) is 3.67. The van der Waals surface area contributed by atoms with Gasteiger partial charge in [0.05, 0.1) is 12.6 Å². The Hall–Kier alpha value is -2.28. The van der Waals surface area contributed by atoms with Crippen LogP contribution in [0.1, 0.15) is 17.5 Å². The van der Waals surface area contributed by atoms with Crippen LogP contribution in [0.25, 0.3) is 0 Å². The zero-order valence-corrected chi connectivity index (χ0v) is 12.1.